The van der Waals surface area contributed by atoms with Crippen molar-refractivity contribution in [2.45, 2.75) is 23.1 Å². The Balaban J connectivity index is 1.67. The molecule has 0 saturated carbocycles. The van der Waals surface area contributed by atoms with Crippen LogP contribution in [0.15, 0.2) is 53.4 Å². The lowest BCUT2D eigenvalue weighted by Gasteiger charge is -2.11. The van der Waals surface area contributed by atoms with Crippen molar-refractivity contribution < 1.29 is 26.0 Å². The van der Waals surface area contributed by atoms with E-state index in [0.29, 0.717) is 0 Å². The third-order valence-electron chi connectivity index (χ3n) is 4.44. The maximum Gasteiger partial charge on any atom is 0.251 e. The zero-order valence-corrected chi connectivity index (χ0v) is 15.9. The Kier molecular flexibility index (Phi) is 5.34. The van der Waals surface area contributed by atoms with E-state index < -0.39 is 30.8 Å². The quantitative estimate of drug-likeness (QED) is 0.808. The lowest BCUT2D eigenvalue weighted by molar-refractivity contribution is 0.0951. The molecule has 0 bridgehead atoms. The number of halogens is 1. The van der Waals surface area contributed by atoms with E-state index in [1.807, 2.05) is 0 Å². The molecular weight excluding hydrogens is 393 g/mol. The smallest absolute Gasteiger partial charge is 0.251 e. The van der Waals surface area contributed by atoms with Crippen molar-refractivity contribution in [2.24, 2.45) is 0 Å². The number of amides is 1. The molecule has 0 aliphatic carbocycles. The largest absolute Gasteiger partial charge is 0.348 e. The Hall–Kier alpha value is -2.26. The molecule has 3 rings (SSSR count). The zero-order chi connectivity index (χ0) is 19.7. The van der Waals surface area contributed by atoms with Crippen molar-refractivity contribution in [1.82, 2.24) is 5.32 Å². The summed E-state index contributed by atoms with van der Waals surface area (Å²) in [7, 11) is -7.07. The SMILES string of the molecule is O=C(NCc1ccc(F)cc1)c1ccc(S(=O)(=O)[C@@H]2CCS(=O)(=O)C2)cc1. The molecule has 2 aromatic carbocycles. The van der Waals surface area contributed by atoms with Gasteiger partial charge in [-0.1, -0.05) is 12.1 Å². The highest BCUT2D eigenvalue weighted by Gasteiger charge is 2.37. The average molecular weight is 411 g/mol. The summed E-state index contributed by atoms with van der Waals surface area (Å²) in [4.78, 5) is 12.2. The van der Waals surface area contributed by atoms with Gasteiger partial charge in [-0.05, 0) is 48.4 Å². The van der Waals surface area contributed by atoms with E-state index in [2.05, 4.69) is 5.32 Å². The Morgan fingerprint density at radius 3 is 2.26 bits per heavy atom. The number of carbonyl (C=O) groups excluding carboxylic acids is 1. The van der Waals surface area contributed by atoms with Crippen LogP contribution in [0.3, 0.4) is 0 Å². The summed E-state index contributed by atoms with van der Waals surface area (Å²) in [6.07, 6.45) is 0.0879. The summed E-state index contributed by atoms with van der Waals surface area (Å²) in [5, 5.41) is 1.72. The minimum atomic E-state index is -3.76. The fourth-order valence-corrected chi connectivity index (χ4v) is 7.24. The molecule has 1 amide bonds. The number of carbonyl (C=O) groups is 1. The monoisotopic (exact) mass is 411 g/mol. The molecule has 1 atom stereocenters. The molecule has 1 saturated heterocycles. The minimum Gasteiger partial charge on any atom is -0.348 e. The highest BCUT2D eigenvalue weighted by molar-refractivity contribution is 7.96. The van der Waals surface area contributed by atoms with Crippen LogP contribution >= 0.6 is 0 Å². The molecule has 9 heteroatoms. The molecule has 6 nitrogen and oxygen atoms in total. The normalized spacial score (nSPS) is 18.9. The van der Waals surface area contributed by atoms with E-state index in [-0.39, 0.29) is 40.7 Å². The summed E-state index contributed by atoms with van der Waals surface area (Å²) < 4.78 is 61.0. The first-order valence-electron chi connectivity index (χ1n) is 8.24. The molecule has 0 unspecified atom stereocenters. The van der Waals surface area contributed by atoms with Gasteiger partial charge in [0, 0.05) is 12.1 Å². The van der Waals surface area contributed by atoms with Gasteiger partial charge in [-0.15, -0.1) is 0 Å². The highest BCUT2D eigenvalue weighted by Crippen LogP contribution is 2.25. The molecule has 1 aliphatic heterocycles. The molecule has 0 spiro atoms. The molecule has 0 radical (unpaired) electrons. The summed E-state index contributed by atoms with van der Waals surface area (Å²) in [6.45, 7) is 0.207. The third kappa shape index (κ3) is 4.54. The lowest BCUT2D eigenvalue weighted by Crippen LogP contribution is -2.24. The van der Waals surface area contributed by atoms with Gasteiger partial charge in [0.05, 0.1) is 21.7 Å². The predicted molar refractivity (Wildman–Crippen MR) is 98.3 cm³/mol. The number of nitrogens with one attached hydrogen (secondary N) is 1. The first kappa shape index (κ1) is 19.5. The molecule has 1 N–H and O–H groups in total. The number of benzene rings is 2. The van der Waals surface area contributed by atoms with Crippen LogP contribution in [-0.2, 0) is 26.2 Å². The molecule has 27 heavy (non-hydrogen) atoms. The van der Waals surface area contributed by atoms with E-state index in [4.69, 9.17) is 0 Å². The molecule has 1 fully saturated rings. The fourth-order valence-electron chi connectivity index (χ4n) is 2.88. The van der Waals surface area contributed by atoms with Crippen molar-refractivity contribution in [2.75, 3.05) is 11.5 Å². The maximum absolute atomic E-state index is 12.9. The third-order valence-corrected chi connectivity index (χ3v) is 8.63. The van der Waals surface area contributed by atoms with Crippen molar-refractivity contribution in [1.29, 1.82) is 0 Å². The van der Waals surface area contributed by atoms with Crippen LogP contribution in [0.5, 0.6) is 0 Å². The van der Waals surface area contributed by atoms with E-state index in [0.717, 1.165) is 5.56 Å². The van der Waals surface area contributed by atoms with Crippen molar-refractivity contribution in [3.63, 3.8) is 0 Å². The van der Waals surface area contributed by atoms with E-state index in [1.165, 1.54) is 36.4 Å². The van der Waals surface area contributed by atoms with Crippen molar-refractivity contribution in [3.8, 4) is 0 Å². The Morgan fingerprint density at radius 2 is 1.70 bits per heavy atom. The summed E-state index contributed by atoms with van der Waals surface area (Å²) >= 11 is 0. The van der Waals surface area contributed by atoms with Crippen LogP contribution < -0.4 is 5.32 Å². The second-order valence-corrected chi connectivity index (χ2v) is 10.9. The fraction of sp³-hybridized carbons (Fsp3) is 0.278. The molecule has 1 heterocycles. The van der Waals surface area contributed by atoms with Gasteiger partial charge < -0.3 is 5.32 Å². The van der Waals surface area contributed by atoms with Crippen LogP contribution in [0.2, 0.25) is 0 Å². The van der Waals surface area contributed by atoms with Gasteiger partial charge in [0.25, 0.3) is 5.91 Å². The number of hydrogen-bond acceptors (Lipinski definition) is 5. The van der Waals surface area contributed by atoms with Crippen LogP contribution in [-0.4, -0.2) is 39.5 Å². The maximum atomic E-state index is 12.9. The zero-order valence-electron chi connectivity index (χ0n) is 14.3. The highest BCUT2D eigenvalue weighted by atomic mass is 32.2. The average Bonchev–Trinajstić information content (AvgIpc) is 3.02. The van der Waals surface area contributed by atoms with E-state index in [1.54, 1.807) is 12.1 Å². The van der Waals surface area contributed by atoms with Crippen LogP contribution in [0.1, 0.15) is 22.3 Å². The van der Waals surface area contributed by atoms with E-state index >= 15 is 0 Å². The van der Waals surface area contributed by atoms with Gasteiger partial charge in [0.15, 0.2) is 19.7 Å². The molecule has 1 aliphatic rings. The van der Waals surface area contributed by atoms with E-state index in [9.17, 15) is 26.0 Å². The lowest BCUT2D eigenvalue weighted by atomic mass is 10.2. The van der Waals surface area contributed by atoms with Gasteiger partial charge in [-0.3, -0.25) is 4.79 Å². The standard InChI is InChI=1S/C18H18FNO5S2/c19-15-5-1-13(2-6-15)11-20-18(21)14-3-7-16(8-4-14)27(24,25)17-9-10-26(22,23)12-17/h1-8,17H,9-12H2,(H,20,21)/t17-/m1/s1. The molecule has 144 valence electrons. The summed E-state index contributed by atoms with van der Waals surface area (Å²) in [5.74, 6) is -1.25. The van der Waals surface area contributed by atoms with Gasteiger partial charge in [0.1, 0.15) is 5.82 Å². The first-order valence-corrected chi connectivity index (χ1v) is 11.6. The van der Waals surface area contributed by atoms with Crippen LogP contribution in [0.25, 0.3) is 0 Å². The Morgan fingerprint density at radius 1 is 1.07 bits per heavy atom. The Bertz CT molecular complexity index is 1050. The van der Waals surface area contributed by atoms with Crippen molar-refractivity contribution >= 4 is 25.6 Å². The minimum absolute atomic E-state index is 0.000292. The van der Waals surface area contributed by atoms with Crippen LogP contribution in [0, 0.1) is 5.82 Å². The topological polar surface area (TPSA) is 97.4 Å². The first-order chi connectivity index (χ1) is 12.7. The number of hydrogen-bond donors (Lipinski definition) is 1. The second kappa shape index (κ2) is 7.40. The predicted octanol–water partition coefficient (Wildman–Crippen LogP) is 1.72. The van der Waals surface area contributed by atoms with Gasteiger partial charge in [-0.25, -0.2) is 21.2 Å². The van der Waals surface area contributed by atoms with Crippen LogP contribution in [0.4, 0.5) is 4.39 Å². The van der Waals surface area contributed by atoms with Gasteiger partial charge >= 0.3 is 0 Å². The van der Waals surface area contributed by atoms with Crippen molar-refractivity contribution in [3.05, 3.63) is 65.5 Å². The summed E-state index contributed by atoms with van der Waals surface area (Å²) in [5.41, 5.74) is 1.00. The number of sulfone groups is 2. The Labute approximate surface area is 157 Å². The molecule has 0 aromatic heterocycles. The van der Waals surface area contributed by atoms with Gasteiger partial charge in [-0.2, -0.15) is 0 Å². The second-order valence-electron chi connectivity index (χ2n) is 6.40. The number of rotatable bonds is 5. The summed E-state index contributed by atoms with van der Waals surface area (Å²) in [6, 6.07) is 11.1. The molecule has 2 aromatic rings. The van der Waals surface area contributed by atoms with Gasteiger partial charge in [0.2, 0.25) is 0 Å². The molecular formula is C18H18FNO5S2.